The van der Waals surface area contributed by atoms with Gasteiger partial charge in [0.25, 0.3) is 5.69 Å². The number of ketones is 1. The van der Waals surface area contributed by atoms with Crippen molar-refractivity contribution in [2.24, 2.45) is 0 Å². The Morgan fingerprint density at radius 1 is 1.15 bits per heavy atom. The summed E-state index contributed by atoms with van der Waals surface area (Å²) in [6, 6.07) is 8.51. The molecule has 0 atom stereocenters. The largest absolute Gasteiger partial charge is 0.454 e. The lowest BCUT2D eigenvalue weighted by Crippen LogP contribution is -2.14. The molecular weight excluding hydrogens is 344 g/mol. The molecule has 1 aliphatic heterocycles. The lowest BCUT2D eigenvalue weighted by molar-refractivity contribution is -0.384. The average molecular weight is 358 g/mol. The third-order valence-corrected chi connectivity index (χ3v) is 3.73. The number of nitro groups is 1. The van der Waals surface area contributed by atoms with E-state index in [0.717, 1.165) is 6.07 Å². The molecule has 0 saturated heterocycles. The Balaban J connectivity index is 1.68. The quantitative estimate of drug-likeness (QED) is 0.362. The van der Waals surface area contributed by atoms with Gasteiger partial charge in [0, 0.05) is 18.7 Å². The van der Waals surface area contributed by atoms with E-state index in [1.807, 2.05) is 0 Å². The number of carbonyl (C=O) groups is 2. The Morgan fingerprint density at radius 2 is 1.88 bits per heavy atom. The van der Waals surface area contributed by atoms with Crippen molar-refractivity contribution >= 4 is 23.1 Å². The fourth-order valence-corrected chi connectivity index (χ4v) is 2.39. The monoisotopic (exact) mass is 358 g/mol. The van der Waals surface area contributed by atoms with Crippen molar-refractivity contribution in [1.82, 2.24) is 0 Å². The van der Waals surface area contributed by atoms with Gasteiger partial charge in [0.1, 0.15) is 5.69 Å². The van der Waals surface area contributed by atoms with Gasteiger partial charge in [-0.3, -0.25) is 14.9 Å². The number of esters is 1. The molecule has 9 heteroatoms. The van der Waals surface area contributed by atoms with Gasteiger partial charge >= 0.3 is 5.97 Å². The molecule has 26 heavy (non-hydrogen) atoms. The number of nitro benzene ring substituents is 1. The minimum absolute atomic E-state index is 0.0193. The molecule has 2 aromatic carbocycles. The maximum absolute atomic E-state index is 12.2. The maximum Gasteiger partial charge on any atom is 0.338 e. The van der Waals surface area contributed by atoms with Gasteiger partial charge in [-0.1, -0.05) is 0 Å². The van der Waals surface area contributed by atoms with Crippen LogP contribution in [0.1, 0.15) is 20.7 Å². The molecule has 0 aromatic heterocycles. The molecule has 0 bridgehead atoms. The first kappa shape index (κ1) is 17.2. The minimum Gasteiger partial charge on any atom is -0.454 e. The number of hydrogen-bond donors (Lipinski definition) is 1. The molecule has 1 N–H and O–H groups in total. The number of benzene rings is 2. The normalized spacial score (nSPS) is 11.7. The lowest BCUT2D eigenvalue weighted by atomic mass is 10.1. The van der Waals surface area contributed by atoms with Gasteiger partial charge < -0.3 is 19.5 Å². The molecule has 0 saturated carbocycles. The van der Waals surface area contributed by atoms with E-state index >= 15 is 0 Å². The number of fused-ring (bicyclic) bond motifs is 1. The number of rotatable bonds is 6. The van der Waals surface area contributed by atoms with Crippen molar-refractivity contribution in [3.8, 4) is 11.5 Å². The van der Waals surface area contributed by atoms with Crippen LogP contribution in [-0.2, 0) is 4.74 Å². The van der Waals surface area contributed by atoms with Crippen molar-refractivity contribution < 1.29 is 28.7 Å². The number of anilines is 1. The molecule has 9 nitrogen and oxygen atoms in total. The number of carbonyl (C=O) groups excluding carboxylic acids is 2. The molecule has 0 fully saturated rings. The van der Waals surface area contributed by atoms with Gasteiger partial charge in [0.15, 0.2) is 23.9 Å². The fourth-order valence-electron chi connectivity index (χ4n) is 2.39. The SMILES string of the molecule is CNc1ccc(C(=O)OCC(=O)c2ccc3c(c2)OCO3)cc1[N+](=O)[O-]. The minimum atomic E-state index is -0.829. The second-order valence-corrected chi connectivity index (χ2v) is 5.31. The highest BCUT2D eigenvalue weighted by molar-refractivity contribution is 6.00. The molecule has 0 unspecified atom stereocenters. The number of hydrogen-bond acceptors (Lipinski definition) is 8. The van der Waals surface area contributed by atoms with E-state index < -0.39 is 23.3 Å². The molecule has 1 aliphatic rings. The summed E-state index contributed by atoms with van der Waals surface area (Å²) in [4.78, 5) is 34.7. The van der Waals surface area contributed by atoms with E-state index in [-0.39, 0.29) is 23.7 Å². The van der Waals surface area contributed by atoms with Crippen molar-refractivity contribution in [1.29, 1.82) is 0 Å². The Hall–Kier alpha value is -3.62. The zero-order valence-corrected chi connectivity index (χ0v) is 13.7. The highest BCUT2D eigenvalue weighted by Crippen LogP contribution is 2.32. The fraction of sp³-hybridized carbons (Fsp3) is 0.176. The third kappa shape index (κ3) is 3.41. The van der Waals surface area contributed by atoms with E-state index in [4.69, 9.17) is 14.2 Å². The third-order valence-electron chi connectivity index (χ3n) is 3.73. The van der Waals surface area contributed by atoms with Crippen LogP contribution in [0.4, 0.5) is 11.4 Å². The van der Waals surface area contributed by atoms with Crippen LogP contribution in [0, 0.1) is 10.1 Å². The summed E-state index contributed by atoms with van der Waals surface area (Å²) in [5, 5.41) is 13.7. The summed E-state index contributed by atoms with van der Waals surface area (Å²) >= 11 is 0. The van der Waals surface area contributed by atoms with Gasteiger partial charge in [-0.05, 0) is 30.3 Å². The van der Waals surface area contributed by atoms with Gasteiger partial charge in [-0.25, -0.2) is 4.79 Å². The summed E-state index contributed by atoms with van der Waals surface area (Å²) in [6.45, 7) is -0.413. The van der Waals surface area contributed by atoms with E-state index in [1.165, 1.54) is 31.3 Å². The van der Waals surface area contributed by atoms with E-state index in [9.17, 15) is 19.7 Å². The molecule has 3 rings (SSSR count). The summed E-state index contributed by atoms with van der Waals surface area (Å²) in [6.07, 6.45) is 0. The Morgan fingerprint density at radius 3 is 2.62 bits per heavy atom. The summed E-state index contributed by atoms with van der Waals surface area (Å²) < 4.78 is 15.3. The van der Waals surface area contributed by atoms with Crippen LogP contribution in [0.3, 0.4) is 0 Å². The summed E-state index contributed by atoms with van der Waals surface area (Å²) in [7, 11) is 1.53. The topological polar surface area (TPSA) is 117 Å². The number of nitrogens with one attached hydrogen (secondary N) is 1. The van der Waals surface area contributed by atoms with Gasteiger partial charge in [0.05, 0.1) is 10.5 Å². The summed E-state index contributed by atoms with van der Waals surface area (Å²) in [5.74, 6) is -0.279. The van der Waals surface area contributed by atoms with Crippen LogP contribution in [0.25, 0.3) is 0 Å². The van der Waals surface area contributed by atoms with Gasteiger partial charge in [-0.15, -0.1) is 0 Å². The highest BCUT2D eigenvalue weighted by atomic mass is 16.7. The Bertz CT molecular complexity index is 895. The van der Waals surface area contributed by atoms with E-state index in [0.29, 0.717) is 17.1 Å². The molecule has 1 heterocycles. The van der Waals surface area contributed by atoms with Crippen LogP contribution in [0.5, 0.6) is 11.5 Å². The molecular formula is C17H14N2O7. The van der Waals surface area contributed by atoms with Crippen LogP contribution in [0.2, 0.25) is 0 Å². The zero-order valence-electron chi connectivity index (χ0n) is 13.7. The van der Waals surface area contributed by atoms with Crippen LogP contribution >= 0.6 is 0 Å². The molecule has 0 amide bonds. The standard InChI is InChI=1S/C17H14N2O7/c1-18-12-4-2-11(6-13(12)19(22)23)17(21)24-8-14(20)10-3-5-15-16(7-10)26-9-25-15/h2-7,18H,8-9H2,1H3. The first-order valence-corrected chi connectivity index (χ1v) is 7.56. The maximum atomic E-state index is 12.2. The van der Waals surface area contributed by atoms with Gasteiger partial charge in [0.2, 0.25) is 6.79 Å². The Kier molecular flexibility index (Phi) is 4.70. The van der Waals surface area contributed by atoms with Crippen molar-refractivity contribution in [2.75, 3.05) is 25.8 Å². The van der Waals surface area contributed by atoms with Crippen molar-refractivity contribution in [3.63, 3.8) is 0 Å². The van der Waals surface area contributed by atoms with Gasteiger partial charge in [-0.2, -0.15) is 0 Å². The van der Waals surface area contributed by atoms with Crippen LogP contribution < -0.4 is 14.8 Å². The van der Waals surface area contributed by atoms with Crippen molar-refractivity contribution in [2.45, 2.75) is 0 Å². The summed E-state index contributed by atoms with van der Waals surface area (Å²) in [5.41, 5.74) is 0.291. The van der Waals surface area contributed by atoms with E-state index in [2.05, 4.69) is 5.32 Å². The zero-order chi connectivity index (χ0) is 18.7. The predicted octanol–water partition coefficient (Wildman–Crippen LogP) is 2.40. The smallest absolute Gasteiger partial charge is 0.338 e. The highest BCUT2D eigenvalue weighted by Gasteiger charge is 2.20. The van der Waals surface area contributed by atoms with E-state index in [1.54, 1.807) is 6.07 Å². The molecule has 2 aromatic rings. The number of ether oxygens (including phenoxy) is 3. The predicted molar refractivity (Wildman–Crippen MR) is 89.8 cm³/mol. The van der Waals surface area contributed by atoms with Crippen LogP contribution in [0.15, 0.2) is 36.4 Å². The average Bonchev–Trinajstić information content (AvgIpc) is 3.12. The molecule has 0 spiro atoms. The first-order chi connectivity index (χ1) is 12.5. The number of Topliss-reactive ketones (excluding diaryl/α,β-unsaturated/α-hetero) is 1. The molecule has 0 radical (unpaired) electrons. The molecule has 134 valence electrons. The molecule has 0 aliphatic carbocycles. The second-order valence-electron chi connectivity index (χ2n) is 5.31. The first-order valence-electron chi connectivity index (χ1n) is 7.56. The van der Waals surface area contributed by atoms with Crippen LogP contribution in [-0.4, -0.2) is 37.1 Å². The van der Waals surface area contributed by atoms with Crippen molar-refractivity contribution in [3.05, 3.63) is 57.6 Å². The Labute approximate surface area is 147 Å². The second kappa shape index (κ2) is 7.09. The number of nitrogens with zero attached hydrogens (tertiary/aromatic N) is 1. The lowest BCUT2D eigenvalue weighted by Gasteiger charge is -2.07.